The molecule has 1 nitrogen and oxygen atoms in total. The molecule has 0 aliphatic carbocycles. The van der Waals surface area contributed by atoms with Crippen molar-refractivity contribution in [3.63, 3.8) is 0 Å². The summed E-state index contributed by atoms with van der Waals surface area (Å²) in [5, 5.41) is 9.39. The van der Waals surface area contributed by atoms with Crippen LogP contribution in [0.5, 0.6) is 0 Å². The second kappa shape index (κ2) is 4.10. The van der Waals surface area contributed by atoms with Gasteiger partial charge in [0, 0.05) is 16.1 Å². The molecule has 0 bridgehead atoms. The van der Waals surface area contributed by atoms with Crippen molar-refractivity contribution in [3.05, 3.63) is 33.3 Å². The fourth-order valence-corrected chi connectivity index (χ4v) is 1.83. The molecule has 1 aromatic carbocycles. The minimum atomic E-state index is 0.127. The molecule has 0 aliphatic rings. The molecule has 0 fully saturated rings. The molecule has 0 aliphatic heterocycles. The van der Waals surface area contributed by atoms with Crippen LogP contribution in [0.3, 0.4) is 0 Å². The first kappa shape index (κ1) is 9.04. The van der Waals surface area contributed by atoms with Gasteiger partial charge in [-0.3, -0.25) is 0 Å². The van der Waals surface area contributed by atoms with Crippen molar-refractivity contribution in [1.82, 2.24) is 0 Å². The number of aliphatic hydroxyl groups excluding tert-OH is 1. The molecule has 1 rings (SSSR count). The third-order valence-electron chi connectivity index (χ3n) is 1.42. The normalized spacial score (nSPS) is 10.1. The van der Waals surface area contributed by atoms with Gasteiger partial charge in [0.1, 0.15) is 0 Å². The summed E-state index contributed by atoms with van der Waals surface area (Å²) < 4.78 is 0.957. The number of benzene rings is 1. The minimum Gasteiger partial charge on any atom is -0.396 e. The van der Waals surface area contributed by atoms with Crippen LogP contribution in [-0.4, -0.2) is 11.7 Å². The Balaban J connectivity index is 3.00. The first-order chi connectivity index (χ1) is 5.25. The van der Waals surface area contributed by atoms with Crippen LogP contribution < -0.4 is 0 Å². The largest absolute Gasteiger partial charge is 0.396 e. The molecule has 3 heteroatoms. The Labute approximate surface area is 79.1 Å². The molecule has 0 atom stereocenters. The van der Waals surface area contributed by atoms with Crippen molar-refractivity contribution in [2.24, 2.45) is 0 Å². The minimum absolute atomic E-state index is 0.127. The van der Waals surface area contributed by atoms with Gasteiger partial charge in [0.25, 0.3) is 0 Å². The summed E-state index contributed by atoms with van der Waals surface area (Å²) in [6.45, 7) is 0.127. The van der Waals surface area contributed by atoms with Crippen molar-refractivity contribution in [3.8, 4) is 0 Å². The highest BCUT2D eigenvalue weighted by Crippen LogP contribution is 2.24. The monoisotopic (exact) mass is 234 g/mol. The summed E-state index contributed by atoms with van der Waals surface area (Å²) in [5.74, 6) is 0. The molecule has 0 heterocycles. The third-order valence-corrected chi connectivity index (χ3v) is 2.52. The van der Waals surface area contributed by atoms with Gasteiger partial charge in [0.2, 0.25) is 0 Å². The maximum atomic E-state index is 8.69. The molecule has 0 saturated carbocycles. The Morgan fingerprint density at radius 2 is 2.18 bits per heavy atom. The van der Waals surface area contributed by atoms with E-state index in [1.54, 1.807) is 0 Å². The van der Waals surface area contributed by atoms with Gasteiger partial charge in [-0.05, 0) is 24.1 Å². The van der Waals surface area contributed by atoms with Crippen LogP contribution in [0.15, 0.2) is 22.7 Å². The summed E-state index contributed by atoms with van der Waals surface area (Å²) in [6, 6.07) is 5.60. The summed E-state index contributed by atoms with van der Waals surface area (Å²) in [5.41, 5.74) is 0.969. The number of hydrogen-bond donors (Lipinski definition) is 1. The fourth-order valence-electron chi connectivity index (χ4n) is 0.883. The van der Waals surface area contributed by atoms with Crippen LogP contribution in [0.1, 0.15) is 5.56 Å². The molecule has 0 amide bonds. The lowest BCUT2D eigenvalue weighted by Gasteiger charge is -2.03. The summed E-state index contributed by atoms with van der Waals surface area (Å²) in [6.07, 6.45) is 0.597. The predicted octanol–water partition coefficient (Wildman–Crippen LogP) is 2.64. The lowest BCUT2D eigenvalue weighted by atomic mass is 10.2. The zero-order valence-electron chi connectivity index (χ0n) is 5.85. The Bertz CT molecular complexity index is 230. The zero-order chi connectivity index (χ0) is 8.27. The van der Waals surface area contributed by atoms with E-state index in [2.05, 4.69) is 15.9 Å². The molecule has 0 radical (unpaired) electrons. The van der Waals surface area contributed by atoms with Gasteiger partial charge in [-0.15, -0.1) is 0 Å². The maximum absolute atomic E-state index is 8.69. The highest BCUT2D eigenvalue weighted by Gasteiger charge is 2.02. The first-order valence-corrected chi connectivity index (χ1v) is 4.46. The van der Waals surface area contributed by atoms with E-state index in [4.69, 9.17) is 16.7 Å². The van der Waals surface area contributed by atoms with E-state index in [9.17, 15) is 0 Å². The Morgan fingerprint density at radius 3 is 2.73 bits per heavy atom. The molecule has 1 N–H and O–H groups in total. The van der Waals surface area contributed by atoms with E-state index in [1.165, 1.54) is 0 Å². The smallest absolute Gasteiger partial charge is 0.0472 e. The Morgan fingerprint density at radius 1 is 1.45 bits per heavy atom. The molecule has 60 valence electrons. The molecule has 0 unspecified atom stereocenters. The van der Waals surface area contributed by atoms with E-state index >= 15 is 0 Å². The topological polar surface area (TPSA) is 20.2 Å². The molecule has 11 heavy (non-hydrogen) atoms. The van der Waals surface area contributed by atoms with Crippen LogP contribution in [0, 0.1) is 0 Å². The summed E-state index contributed by atoms with van der Waals surface area (Å²) in [4.78, 5) is 0. The van der Waals surface area contributed by atoms with Crippen LogP contribution in [0.4, 0.5) is 0 Å². The van der Waals surface area contributed by atoms with Gasteiger partial charge < -0.3 is 5.11 Å². The van der Waals surface area contributed by atoms with Gasteiger partial charge in [-0.1, -0.05) is 33.6 Å². The van der Waals surface area contributed by atoms with Crippen molar-refractivity contribution in [1.29, 1.82) is 0 Å². The van der Waals surface area contributed by atoms with Crippen molar-refractivity contribution >= 4 is 27.5 Å². The van der Waals surface area contributed by atoms with E-state index in [-0.39, 0.29) is 6.61 Å². The van der Waals surface area contributed by atoms with Gasteiger partial charge in [0.05, 0.1) is 0 Å². The molecular formula is C8H8BrClO. The third kappa shape index (κ3) is 2.19. The fraction of sp³-hybridized carbons (Fsp3) is 0.250. The number of halogens is 2. The molecule has 0 spiro atoms. The number of rotatable bonds is 2. The highest BCUT2D eigenvalue weighted by molar-refractivity contribution is 9.10. The average molecular weight is 236 g/mol. The summed E-state index contributed by atoms with van der Waals surface area (Å²) in [7, 11) is 0. The van der Waals surface area contributed by atoms with E-state index in [1.807, 2.05) is 18.2 Å². The second-order valence-corrected chi connectivity index (χ2v) is 3.44. The van der Waals surface area contributed by atoms with E-state index < -0.39 is 0 Å². The van der Waals surface area contributed by atoms with E-state index in [0.717, 1.165) is 10.0 Å². The Hall–Kier alpha value is -0.0500. The lowest BCUT2D eigenvalue weighted by Crippen LogP contribution is -1.92. The highest BCUT2D eigenvalue weighted by atomic mass is 79.9. The van der Waals surface area contributed by atoms with Crippen LogP contribution in [0.25, 0.3) is 0 Å². The zero-order valence-corrected chi connectivity index (χ0v) is 8.19. The standard InChI is InChI=1S/C8H8BrClO/c9-7-2-1-3-8(10)6(7)4-5-11/h1-3,11H,4-5H2. The Kier molecular flexibility index (Phi) is 3.37. The lowest BCUT2D eigenvalue weighted by molar-refractivity contribution is 0.299. The van der Waals surface area contributed by atoms with Gasteiger partial charge in [-0.25, -0.2) is 0 Å². The molecule has 0 aromatic heterocycles. The number of hydrogen-bond acceptors (Lipinski definition) is 1. The first-order valence-electron chi connectivity index (χ1n) is 3.29. The van der Waals surface area contributed by atoms with Gasteiger partial charge in [-0.2, -0.15) is 0 Å². The molecule has 1 aromatic rings. The predicted molar refractivity (Wildman–Crippen MR) is 49.9 cm³/mol. The van der Waals surface area contributed by atoms with Gasteiger partial charge in [0.15, 0.2) is 0 Å². The van der Waals surface area contributed by atoms with Crippen molar-refractivity contribution in [2.75, 3.05) is 6.61 Å². The van der Waals surface area contributed by atoms with Crippen LogP contribution in [-0.2, 0) is 6.42 Å². The van der Waals surface area contributed by atoms with E-state index in [0.29, 0.717) is 11.4 Å². The maximum Gasteiger partial charge on any atom is 0.0472 e. The van der Waals surface area contributed by atoms with Crippen molar-refractivity contribution < 1.29 is 5.11 Å². The quantitative estimate of drug-likeness (QED) is 0.835. The number of aliphatic hydroxyl groups is 1. The van der Waals surface area contributed by atoms with Crippen LogP contribution >= 0.6 is 27.5 Å². The second-order valence-electron chi connectivity index (χ2n) is 2.17. The molecule has 0 saturated heterocycles. The summed E-state index contributed by atoms with van der Waals surface area (Å²) >= 11 is 9.22. The van der Waals surface area contributed by atoms with Gasteiger partial charge >= 0.3 is 0 Å². The SMILES string of the molecule is OCCc1c(Cl)cccc1Br. The molecular weight excluding hydrogens is 227 g/mol. The van der Waals surface area contributed by atoms with Crippen molar-refractivity contribution in [2.45, 2.75) is 6.42 Å². The van der Waals surface area contributed by atoms with Crippen LogP contribution in [0.2, 0.25) is 5.02 Å². The average Bonchev–Trinajstić information content (AvgIpc) is 1.97.